The third kappa shape index (κ3) is 3.38. The van der Waals surface area contributed by atoms with E-state index in [-0.39, 0.29) is 18.2 Å². The number of ether oxygens (including phenoxy) is 2. The lowest BCUT2D eigenvalue weighted by Gasteiger charge is -2.51. The molecule has 0 bridgehead atoms. The Bertz CT molecular complexity index is 1190. The lowest BCUT2D eigenvalue weighted by Crippen LogP contribution is -2.67. The van der Waals surface area contributed by atoms with E-state index in [4.69, 9.17) is 9.47 Å². The quantitative estimate of drug-likeness (QED) is 0.581. The molecule has 2 amide bonds. The second kappa shape index (κ2) is 8.38. The van der Waals surface area contributed by atoms with Crippen molar-refractivity contribution in [3.63, 3.8) is 0 Å². The van der Waals surface area contributed by atoms with Gasteiger partial charge in [-0.3, -0.25) is 14.5 Å². The molecule has 1 aliphatic rings. The maximum absolute atomic E-state index is 13.9. The lowest BCUT2D eigenvalue weighted by atomic mass is 9.75. The molecule has 6 nitrogen and oxygen atoms in total. The molecule has 1 unspecified atom stereocenters. The van der Waals surface area contributed by atoms with Crippen LogP contribution in [0.4, 0.5) is 11.4 Å². The normalized spacial score (nSPS) is 17.5. The summed E-state index contributed by atoms with van der Waals surface area (Å²) in [4.78, 5) is 28.4. The summed E-state index contributed by atoms with van der Waals surface area (Å²) in [6.07, 6.45) is 0.0501. The summed E-state index contributed by atoms with van der Waals surface area (Å²) in [6, 6.07) is 20.5. The van der Waals surface area contributed by atoms with Crippen LogP contribution in [-0.2, 0) is 15.1 Å². The molecular weight excluding hydrogens is 404 g/mol. The Morgan fingerprint density at radius 3 is 2.19 bits per heavy atom. The maximum atomic E-state index is 13.9. The number of anilines is 2. The molecule has 6 heteroatoms. The Morgan fingerprint density at radius 2 is 1.56 bits per heavy atom. The van der Waals surface area contributed by atoms with E-state index in [0.29, 0.717) is 28.4 Å². The van der Waals surface area contributed by atoms with Gasteiger partial charge in [-0.2, -0.15) is 0 Å². The fraction of sp³-hybridized carbons (Fsp3) is 0.231. The molecule has 0 aliphatic carbocycles. The first kappa shape index (κ1) is 21.4. The topological polar surface area (TPSA) is 67.9 Å². The summed E-state index contributed by atoms with van der Waals surface area (Å²) in [6.45, 7) is 3.86. The summed E-state index contributed by atoms with van der Waals surface area (Å²) >= 11 is 0. The minimum absolute atomic E-state index is 0.0501. The van der Waals surface area contributed by atoms with Crippen molar-refractivity contribution in [3.8, 4) is 11.5 Å². The van der Waals surface area contributed by atoms with Crippen LogP contribution in [0.5, 0.6) is 11.5 Å². The molecule has 3 aromatic rings. The molecule has 0 radical (unpaired) electrons. The minimum Gasteiger partial charge on any atom is -0.493 e. The molecule has 1 aliphatic heterocycles. The highest BCUT2D eigenvalue weighted by atomic mass is 16.5. The first-order valence-electron chi connectivity index (χ1n) is 10.4. The Hall–Kier alpha value is -3.80. The van der Waals surface area contributed by atoms with E-state index in [1.54, 1.807) is 31.3 Å². The molecule has 1 N–H and O–H groups in total. The maximum Gasteiger partial charge on any atom is 0.255 e. The molecular formula is C26H26N2O4. The van der Waals surface area contributed by atoms with E-state index in [1.165, 1.54) is 0 Å². The first-order chi connectivity index (χ1) is 15.4. The number of para-hydroxylation sites is 2. The zero-order valence-electron chi connectivity index (χ0n) is 18.6. The number of carbonyl (C=O) groups is 2. The van der Waals surface area contributed by atoms with Gasteiger partial charge >= 0.3 is 0 Å². The van der Waals surface area contributed by atoms with Gasteiger partial charge in [-0.15, -0.1) is 0 Å². The summed E-state index contributed by atoms with van der Waals surface area (Å²) in [5.74, 6) is 0.659. The number of aryl methyl sites for hydroxylation is 2. The summed E-state index contributed by atoms with van der Waals surface area (Å²) < 4.78 is 10.9. The van der Waals surface area contributed by atoms with E-state index in [1.807, 2.05) is 68.4 Å². The number of hydrogen-bond acceptors (Lipinski definition) is 4. The average molecular weight is 431 g/mol. The molecule has 164 valence electrons. The van der Waals surface area contributed by atoms with Gasteiger partial charge < -0.3 is 14.8 Å². The summed E-state index contributed by atoms with van der Waals surface area (Å²) in [5, 5.41) is 3.05. The van der Waals surface area contributed by atoms with Gasteiger partial charge in [0.05, 0.1) is 20.6 Å². The number of amides is 2. The molecule has 1 atom stereocenters. The van der Waals surface area contributed by atoms with Crippen LogP contribution in [0, 0.1) is 13.8 Å². The van der Waals surface area contributed by atoms with Gasteiger partial charge in [0.15, 0.2) is 17.0 Å². The molecule has 0 aromatic heterocycles. The molecule has 4 rings (SSSR count). The molecule has 3 aromatic carbocycles. The van der Waals surface area contributed by atoms with Gasteiger partial charge in [-0.1, -0.05) is 42.5 Å². The Labute approximate surface area is 187 Å². The van der Waals surface area contributed by atoms with Crippen LogP contribution >= 0.6 is 0 Å². The van der Waals surface area contributed by atoms with E-state index in [0.717, 1.165) is 11.1 Å². The van der Waals surface area contributed by atoms with Crippen molar-refractivity contribution >= 4 is 23.2 Å². The lowest BCUT2D eigenvalue weighted by molar-refractivity contribution is -0.137. The number of nitrogens with one attached hydrogen (secondary N) is 1. The minimum atomic E-state index is -1.22. The molecule has 0 saturated carbocycles. The predicted octanol–water partition coefficient (Wildman–Crippen LogP) is 4.59. The number of hydrogen-bond donors (Lipinski definition) is 1. The Balaban J connectivity index is 1.87. The van der Waals surface area contributed by atoms with Crippen LogP contribution in [0.15, 0.2) is 66.7 Å². The average Bonchev–Trinajstić information content (AvgIpc) is 2.79. The Kier molecular flexibility index (Phi) is 5.61. The van der Waals surface area contributed by atoms with Crippen molar-refractivity contribution in [1.29, 1.82) is 0 Å². The van der Waals surface area contributed by atoms with Crippen molar-refractivity contribution in [2.24, 2.45) is 0 Å². The van der Waals surface area contributed by atoms with Gasteiger partial charge in [0.1, 0.15) is 0 Å². The summed E-state index contributed by atoms with van der Waals surface area (Å²) in [7, 11) is 3.11. The van der Waals surface area contributed by atoms with Gasteiger partial charge in [-0.25, -0.2) is 0 Å². The van der Waals surface area contributed by atoms with Crippen LogP contribution in [0.2, 0.25) is 0 Å². The van der Waals surface area contributed by atoms with E-state index < -0.39 is 5.54 Å². The van der Waals surface area contributed by atoms with Crippen molar-refractivity contribution in [2.45, 2.75) is 25.8 Å². The smallest absolute Gasteiger partial charge is 0.255 e. The van der Waals surface area contributed by atoms with Crippen LogP contribution in [0.3, 0.4) is 0 Å². The van der Waals surface area contributed by atoms with Crippen molar-refractivity contribution in [2.75, 3.05) is 24.4 Å². The Morgan fingerprint density at radius 1 is 0.906 bits per heavy atom. The van der Waals surface area contributed by atoms with Gasteiger partial charge in [0, 0.05) is 11.4 Å². The number of carbonyl (C=O) groups excluding carboxylic acids is 2. The van der Waals surface area contributed by atoms with Gasteiger partial charge in [0.25, 0.3) is 5.91 Å². The molecule has 1 fully saturated rings. The summed E-state index contributed by atoms with van der Waals surface area (Å²) in [5.41, 5.74) is 2.71. The second-order valence-corrected chi connectivity index (χ2v) is 7.89. The standard InChI is InChI=1S/C26H26N2O4/c1-17-9-5-7-11-20(17)27-25(30)26(19-13-14-22(31-3)23(15-19)32-4)16-24(29)28(26)21-12-8-6-10-18(21)2/h5-15H,16H2,1-4H3,(H,27,30). The zero-order valence-corrected chi connectivity index (χ0v) is 18.6. The number of benzene rings is 3. The van der Waals surface area contributed by atoms with Gasteiger partial charge in [0.2, 0.25) is 5.91 Å². The largest absolute Gasteiger partial charge is 0.493 e. The molecule has 32 heavy (non-hydrogen) atoms. The molecule has 1 heterocycles. The number of methoxy groups -OCH3 is 2. The molecule has 1 saturated heterocycles. The predicted molar refractivity (Wildman–Crippen MR) is 124 cm³/mol. The van der Waals surface area contributed by atoms with Crippen molar-refractivity contribution in [1.82, 2.24) is 0 Å². The number of nitrogens with zero attached hydrogens (tertiary/aromatic N) is 1. The van der Waals surface area contributed by atoms with Crippen molar-refractivity contribution < 1.29 is 19.1 Å². The van der Waals surface area contributed by atoms with Crippen LogP contribution in [0.1, 0.15) is 23.1 Å². The van der Waals surface area contributed by atoms with Crippen LogP contribution in [-0.4, -0.2) is 26.0 Å². The first-order valence-corrected chi connectivity index (χ1v) is 10.4. The SMILES string of the molecule is COc1ccc(C2(C(=O)Nc3ccccc3C)CC(=O)N2c2ccccc2C)cc1OC. The fourth-order valence-corrected chi connectivity index (χ4v) is 4.23. The van der Waals surface area contributed by atoms with Crippen LogP contribution in [0.25, 0.3) is 0 Å². The van der Waals surface area contributed by atoms with Crippen LogP contribution < -0.4 is 19.7 Å². The zero-order chi connectivity index (χ0) is 22.9. The highest BCUT2D eigenvalue weighted by molar-refractivity contribution is 6.17. The third-order valence-electron chi connectivity index (χ3n) is 6.02. The third-order valence-corrected chi connectivity index (χ3v) is 6.02. The molecule has 0 spiro atoms. The fourth-order valence-electron chi connectivity index (χ4n) is 4.23. The van der Waals surface area contributed by atoms with E-state index in [9.17, 15) is 9.59 Å². The highest BCUT2D eigenvalue weighted by Gasteiger charge is 2.59. The monoisotopic (exact) mass is 430 g/mol. The highest BCUT2D eigenvalue weighted by Crippen LogP contribution is 2.48. The number of rotatable bonds is 6. The van der Waals surface area contributed by atoms with Gasteiger partial charge in [-0.05, 0) is 54.8 Å². The van der Waals surface area contributed by atoms with E-state index >= 15 is 0 Å². The van der Waals surface area contributed by atoms with Crippen molar-refractivity contribution in [3.05, 3.63) is 83.4 Å². The second-order valence-electron chi connectivity index (χ2n) is 7.89. The van der Waals surface area contributed by atoms with E-state index in [2.05, 4.69) is 5.32 Å². The number of β-lactam (4-membered cyclic amide) rings is 1.